The Morgan fingerprint density at radius 2 is 2.00 bits per heavy atom. The van der Waals surface area contributed by atoms with E-state index in [0.29, 0.717) is 11.6 Å². The van der Waals surface area contributed by atoms with Gasteiger partial charge in [-0.3, -0.25) is 9.98 Å². The lowest BCUT2D eigenvalue weighted by molar-refractivity contribution is 0.281. The average molecular weight is 489 g/mol. The molecule has 0 radical (unpaired) electrons. The molecule has 0 saturated carbocycles. The molecule has 142 valence electrons. The van der Waals surface area contributed by atoms with E-state index in [-0.39, 0.29) is 24.0 Å². The zero-order valence-corrected chi connectivity index (χ0v) is 18.5. The highest BCUT2D eigenvalue weighted by atomic mass is 127. The molecule has 0 spiro atoms. The molecule has 26 heavy (non-hydrogen) atoms. The van der Waals surface area contributed by atoms with Gasteiger partial charge in [0.25, 0.3) is 0 Å². The minimum absolute atomic E-state index is 0. The van der Waals surface area contributed by atoms with Gasteiger partial charge in [-0.2, -0.15) is 0 Å². The van der Waals surface area contributed by atoms with E-state index in [4.69, 9.17) is 16.3 Å². The number of rotatable bonds is 7. The standard InChI is InChI=1S/C19H25ClN4O.HI/c1-15-14-22-10-8-16(15)9-11-23-19(21-2)24(3)12-13-25-18-6-4-17(20)5-7-18;/h4-8,10,14H,9,11-13H2,1-3H3,(H,21,23);1H. The van der Waals surface area contributed by atoms with E-state index in [1.54, 1.807) is 7.05 Å². The van der Waals surface area contributed by atoms with Crippen LogP contribution in [0.3, 0.4) is 0 Å². The Balaban J connectivity index is 0.00000338. The molecule has 2 rings (SSSR count). The summed E-state index contributed by atoms with van der Waals surface area (Å²) in [5, 5.41) is 4.09. The molecule has 1 aromatic heterocycles. The fraction of sp³-hybridized carbons (Fsp3) is 0.368. The van der Waals surface area contributed by atoms with Gasteiger partial charge in [0.05, 0.1) is 6.54 Å². The third kappa shape index (κ3) is 7.37. The molecule has 0 aliphatic carbocycles. The molecule has 0 fully saturated rings. The van der Waals surface area contributed by atoms with Gasteiger partial charge in [-0.25, -0.2) is 0 Å². The van der Waals surface area contributed by atoms with E-state index < -0.39 is 0 Å². The molecule has 0 aliphatic heterocycles. The van der Waals surface area contributed by atoms with E-state index in [9.17, 15) is 0 Å². The number of nitrogens with zero attached hydrogens (tertiary/aromatic N) is 3. The number of aromatic nitrogens is 1. The summed E-state index contributed by atoms with van der Waals surface area (Å²) in [6.45, 7) is 4.20. The molecule has 0 amide bonds. The lowest BCUT2D eigenvalue weighted by Crippen LogP contribution is -2.41. The molecule has 1 heterocycles. The monoisotopic (exact) mass is 488 g/mol. The van der Waals surface area contributed by atoms with Crippen LogP contribution in [-0.4, -0.2) is 49.6 Å². The molecule has 0 bridgehead atoms. The SMILES string of the molecule is CN=C(NCCc1ccncc1C)N(C)CCOc1ccc(Cl)cc1.I. The maximum Gasteiger partial charge on any atom is 0.193 e. The number of pyridine rings is 1. The maximum absolute atomic E-state index is 5.87. The minimum atomic E-state index is 0. The summed E-state index contributed by atoms with van der Waals surface area (Å²) in [4.78, 5) is 10.5. The summed E-state index contributed by atoms with van der Waals surface area (Å²) in [6.07, 6.45) is 4.66. The molecular weight excluding hydrogens is 463 g/mol. The van der Waals surface area contributed by atoms with E-state index in [0.717, 1.165) is 31.2 Å². The molecular formula is C19H26ClIN4O. The van der Waals surface area contributed by atoms with Crippen LogP contribution in [0, 0.1) is 6.92 Å². The first-order valence-electron chi connectivity index (χ1n) is 8.30. The summed E-state index contributed by atoms with van der Waals surface area (Å²) in [5.74, 6) is 1.67. The molecule has 2 aromatic rings. The quantitative estimate of drug-likeness (QED) is 0.366. The number of ether oxygens (including phenoxy) is 1. The summed E-state index contributed by atoms with van der Waals surface area (Å²) in [6, 6.07) is 9.44. The van der Waals surface area contributed by atoms with Crippen molar-refractivity contribution in [2.75, 3.05) is 33.8 Å². The lowest BCUT2D eigenvalue weighted by Gasteiger charge is -2.22. The average Bonchev–Trinajstić information content (AvgIpc) is 2.62. The van der Waals surface area contributed by atoms with Crippen molar-refractivity contribution in [2.24, 2.45) is 4.99 Å². The van der Waals surface area contributed by atoms with Crippen molar-refractivity contribution >= 4 is 41.5 Å². The third-order valence-corrected chi connectivity index (χ3v) is 4.15. The number of hydrogen-bond acceptors (Lipinski definition) is 3. The number of aryl methyl sites for hydroxylation is 1. The molecule has 0 atom stereocenters. The normalized spacial score (nSPS) is 10.8. The number of likely N-dealkylation sites (N-methyl/N-ethyl adjacent to an activating group) is 1. The number of nitrogens with one attached hydrogen (secondary N) is 1. The van der Waals surface area contributed by atoms with Crippen molar-refractivity contribution in [3.05, 3.63) is 58.9 Å². The van der Waals surface area contributed by atoms with Gasteiger partial charge in [-0.1, -0.05) is 11.6 Å². The van der Waals surface area contributed by atoms with Gasteiger partial charge in [0.2, 0.25) is 0 Å². The Morgan fingerprint density at radius 1 is 1.27 bits per heavy atom. The van der Waals surface area contributed by atoms with Gasteiger partial charge >= 0.3 is 0 Å². The smallest absolute Gasteiger partial charge is 0.193 e. The van der Waals surface area contributed by atoms with Crippen LogP contribution < -0.4 is 10.1 Å². The molecule has 1 N–H and O–H groups in total. The number of halogens is 2. The van der Waals surface area contributed by atoms with Crippen molar-refractivity contribution in [1.29, 1.82) is 0 Å². The fourth-order valence-electron chi connectivity index (χ4n) is 2.41. The Kier molecular flexibility index (Phi) is 10.3. The largest absolute Gasteiger partial charge is 0.492 e. The molecule has 7 heteroatoms. The van der Waals surface area contributed by atoms with E-state index in [1.807, 2.05) is 43.7 Å². The number of hydrogen-bond donors (Lipinski definition) is 1. The number of guanidine groups is 1. The predicted molar refractivity (Wildman–Crippen MR) is 119 cm³/mol. The fourth-order valence-corrected chi connectivity index (χ4v) is 2.54. The highest BCUT2D eigenvalue weighted by Crippen LogP contribution is 2.15. The minimum Gasteiger partial charge on any atom is -0.492 e. The second kappa shape index (κ2) is 12.0. The van der Waals surface area contributed by atoms with E-state index in [2.05, 4.69) is 33.2 Å². The van der Waals surface area contributed by atoms with Crippen LogP contribution >= 0.6 is 35.6 Å². The van der Waals surface area contributed by atoms with Crippen LogP contribution in [0.2, 0.25) is 5.02 Å². The summed E-state index contributed by atoms with van der Waals surface area (Å²) in [7, 11) is 3.79. The highest BCUT2D eigenvalue weighted by molar-refractivity contribution is 14.0. The van der Waals surface area contributed by atoms with Crippen LogP contribution in [0.1, 0.15) is 11.1 Å². The first-order chi connectivity index (χ1) is 12.1. The van der Waals surface area contributed by atoms with Gasteiger partial charge in [0.15, 0.2) is 5.96 Å². The van der Waals surface area contributed by atoms with Gasteiger partial charge in [-0.15, -0.1) is 24.0 Å². The van der Waals surface area contributed by atoms with E-state index in [1.165, 1.54) is 11.1 Å². The topological polar surface area (TPSA) is 49.8 Å². The van der Waals surface area contributed by atoms with Crippen LogP contribution in [0.5, 0.6) is 5.75 Å². The predicted octanol–water partition coefficient (Wildman–Crippen LogP) is 3.79. The first-order valence-corrected chi connectivity index (χ1v) is 8.67. The molecule has 1 aromatic carbocycles. The Bertz CT molecular complexity index is 694. The van der Waals surface area contributed by atoms with Gasteiger partial charge < -0.3 is 15.0 Å². The van der Waals surface area contributed by atoms with Crippen LogP contribution in [0.4, 0.5) is 0 Å². The van der Waals surface area contributed by atoms with Crippen molar-refractivity contribution in [3.63, 3.8) is 0 Å². The van der Waals surface area contributed by atoms with E-state index >= 15 is 0 Å². The zero-order valence-electron chi connectivity index (χ0n) is 15.4. The Labute approximate surface area is 177 Å². The lowest BCUT2D eigenvalue weighted by atomic mass is 10.1. The maximum atomic E-state index is 5.87. The third-order valence-electron chi connectivity index (χ3n) is 3.90. The van der Waals surface area contributed by atoms with Gasteiger partial charge in [-0.05, 0) is 54.8 Å². The summed E-state index contributed by atoms with van der Waals surface area (Å²) >= 11 is 5.87. The summed E-state index contributed by atoms with van der Waals surface area (Å²) in [5.41, 5.74) is 2.51. The molecule has 0 unspecified atom stereocenters. The Morgan fingerprint density at radius 3 is 2.65 bits per heavy atom. The van der Waals surface area contributed by atoms with Gasteiger partial charge in [0.1, 0.15) is 12.4 Å². The second-order valence-corrected chi connectivity index (χ2v) is 6.19. The van der Waals surface area contributed by atoms with Gasteiger partial charge in [0, 0.05) is 38.1 Å². The Hall–Kier alpha value is -1.54. The zero-order chi connectivity index (χ0) is 18.1. The van der Waals surface area contributed by atoms with Crippen molar-refractivity contribution < 1.29 is 4.74 Å². The van der Waals surface area contributed by atoms with Crippen molar-refractivity contribution in [3.8, 4) is 5.75 Å². The molecule has 0 aliphatic rings. The second-order valence-electron chi connectivity index (χ2n) is 5.75. The highest BCUT2D eigenvalue weighted by Gasteiger charge is 2.06. The first kappa shape index (κ1) is 22.5. The summed E-state index contributed by atoms with van der Waals surface area (Å²) < 4.78 is 5.73. The van der Waals surface area contributed by atoms with Crippen LogP contribution in [0.25, 0.3) is 0 Å². The van der Waals surface area contributed by atoms with Crippen molar-refractivity contribution in [2.45, 2.75) is 13.3 Å². The van der Waals surface area contributed by atoms with Crippen LogP contribution in [0.15, 0.2) is 47.7 Å². The number of aliphatic imine (C=N–C) groups is 1. The molecule has 0 saturated heterocycles. The van der Waals surface area contributed by atoms with Crippen molar-refractivity contribution in [1.82, 2.24) is 15.2 Å². The van der Waals surface area contributed by atoms with Crippen LogP contribution in [-0.2, 0) is 6.42 Å². The molecule has 5 nitrogen and oxygen atoms in total. The number of benzene rings is 1.